The van der Waals surface area contributed by atoms with E-state index >= 15 is 0 Å². The van der Waals surface area contributed by atoms with Gasteiger partial charge >= 0.3 is 39.5 Å². The first-order valence-corrected chi connectivity index (χ1v) is 43.1. The minimum atomic E-state index is -4.98. The number of aliphatic hydroxyl groups excluding tert-OH is 1. The van der Waals surface area contributed by atoms with Gasteiger partial charge < -0.3 is 33.8 Å². The summed E-state index contributed by atoms with van der Waals surface area (Å²) in [6.07, 6.45) is 80.7. The fourth-order valence-corrected chi connectivity index (χ4v) is 12.2. The molecule has 0 spiro atoms. The van der Waals surface area contributed by atoms with Gasteiger partial charge in [0.25, 0.3) is 0 Å². The zero-order valence-electron chi connectivity index (χ0n) is 64.3. The summed E-state index contributed by atoms with van der Waals surface area (Å²) in [5, 5.41) is 10.6. The van der Waals surface area contributed by atoms with Gasteiger partial charge in [-0.1, -0.05) is 291 Å². The highest BCUT2D eigenvalue weighted by Crippen LogP contribution is 2.45. The fourth-order valence-electron chi connectivity index (χ4n) is 10.7. The van der Waals surface area contributed by atoms with Crippen LogP contribution in [0, 0.1) is 0 Å². The van der Waals surface area contributed by atoms with Gasteiger partial charge in [-0.25, -0.2) is 9.13 Å². The zero-order valence-corrected chi connectivity index (χ0v) is 66.0. The molecule has 0 radical (unpaired) electrons. The van der Waals surface area contributed by atoms with Gasteiger partial charge in [-0.3, -0.25) is 37.3 Å². The number of rotatable bonds is 75. The lowest BCUT2D eigenvalue weighted by atomic mass is 10.1. The zero-order chi connectivity index (χ0) is 74.6. The summed E-state index contributed by atoms with van der Waals surface area (Å²) in [6.45, 7) is 4.62. The maximum atomic E-state index is 13.1. The van der Waals surface area contributed by atoms with Crippen molar-refractivity contribution in [2.24, 2.45) is 0 Å². The summed E-state index contributed by atoms with van der Waals surface area (Å²) >= 11 is 0. The molecule has 17 nitrogen and oxygen atoms in total. The van der Waals surface area contributed by atoms with E-state index in [-0.39, 0.29) is 25.7 Å². The van der Waals surface area contributed by atoms with Crippen LogP contribution in [0.25, 0.3) is 0 Å². The molecule has 0 aliphatic heterocycles. The first kappa shape index (κ1) is 97.7. The molecule has 102 heavy (non-hydrogen) atoms. The van der Waals surface area contributed by atoms with E-state index in [1.165, 1.54) is 77.0 Å². The molecule has 0 aliphatic rings. The highest BCUT2D eigenvalue weighted by molar-refractivity contribution is 7.47. The van der Waals surface area contributed by atoms with Crippen LogP contribution in [-0.4, -0.2) is 96.7 Å². The van der Waals surface area contributed by atoms with Gasteiger partial charge in [0.05, 0.1) is 26.4 Å². The summed E-state index contributed by atoms with van der Waals surface area (Å²) in [4.78, 5) is 73.0. The number of allylic oxidation sites excluding steroid dienone is 18. The largest absolute Gasteiger partial charge is 0.472 e. The second-order valence-electron chi connectivity index (χ2n) is 26.6. The van der Waals surface area contributed by atoms with Crippen LogP contribution in [0.4, 0.5) is 0 Å². The Morgan fingerprint density at radius 1 is 0.284 bits per heavy atom. The summed E-state index contributed by atoms with van der Waals surface area (Å²) in [5.74, 6) is -2.22. The number of aliphatic hydroxyl groups is 1. The molecule has 0 fully saturated rings. The van der Waals surface area contributed by atoms with Gasteiger partial charge in [-0.2, -0.15) is 0 Å². The number of phosphoric ester groups is 2. The standard InChI is InChI=1S/C83H144O17P2/c1-5-9-13-17-21-25-29-32-35-37-38-40-43-45-49-52-56-60-64-68-80(85)93-73-78(99-82(87)69-65-61-57-53-47-28-24-20-16-12-8-4)75-97-101(89,90)95-71-77(84)72-96-102(91,92)98-76-79(100-83(88)70-66-62-58-54-50-46-41-34-31-27-23-19-15-11-7-3)74-94-81(86)67-63-59-55-51-48-44-42-39-36-33-30-26-22-18-14-10-6-2/h9-10,13-14,21-22,25-26,32-36,38,40-41,45,49,77-79,84H,5-8,11-12,15-20,23-24,27-31,37,39,42-44,46-48,50-76H2,1-4H3,(H,89,90)(H,91,92)/b13-9-,14-10-,25-21-,26-22-,35-32-,36-33-,40-38-,41-34-,49-45-. The molecule has 0 rings (SSSR count). The van der Waals surface area contributed by atoms with Crippen LogP contribution in [0.3, 0.4) is 0 Å². The molecule has 5 atom stereocenters. The molecule has 0 bridgehead atoms. The molecule has 0 aromatic rings. The van der Waals surface area contributed by atoms with Gasteiger partial charge in [-0.05, 0) is 128 Å². The van der Waals surface area contributed by atoms with Crippen molar-refractivity contribution in [3.8, 4) is 0 Å². The third-order valence-corrected chi connectivity index (χ3v) is 18.6. The summed E-state index contributed by atoms with van der Waals surface area (Å²) in [6, 6.07) is 0. The quantitative estimate of drug-likeness (QED) is 0.0169. The first-order valence-electron chi connectivity index (χ1n) is 40.1. The fraction of sp³-hybridized carbons (Fsp3) is 0.735. The molecule has 0 aromatic carbocycles. The maximum Gasteiger partial charge on any atom is 0.472 e. The molecular formula is C83H144O17P2. The van der Waals surface area contributed by atoms with Gasteiger partial charge in [0, 0.05) is 25.7 Å². The Kier molecular flexibility index (Phi) is 71.8. The number of carbonyl (C=O) groups is 4. The van der Waals surface area contributed by atoms with Crippen molar-refractivity contribution < 1.29 is 80.2 Å². The number of carbonyl (C=O) groups excluding carboxylic acids is 4. The number of phosphoric acid groups is 2. The Morgan fingerprint density at radius 2 is 0.510 bits per heavy atom. The smallest absolute Gasteiger partial charge is 0.462 e. The van der Waals surface area contributed by atoms with Crippen molar-refractivity contribution in [3.05, 3.63) is 109 Å². The van der Waals surface area contributed by atoms with E-state index in [2.05, 4.69) is 137 Å². The van der Waals surface area contributed by atoms with Gasteiger partial charge in [0.2, 0.25) is 0 Å². The molecule has 0 heterocycles. The van der Waals surface area contributed by atoms with Crippen molar-refractivity contribution >= 4 is 39.5 Å². The number of hydrogen-bond donors (Lipinski definition) is 3. The second kappa shape index (κ2) is 75.0. The second-order valence-corrected chi connectivity index (χ2v) is 29.5. The van der Waals surface area contributed by atoms with Crippen molar-refractivity contribution in [2.75, 3.05) is 39.6 Å². The van der Waals surface area contributed by atoms with Crippen molar-refractivity contribution in [2.45, 2.75) is 354 Å². The monoisotopic (exact) mass is 1470 g/mol. The van der Waals surface area contributed by atoms with Gasteiger partial charge in [0.1, 0.15) is 19.3 Å². The Labute approximate surface area is 619 Å². The third-order valence-electron chi connectivity index (χ3n) is 16.7. The van der Waals surface area contributed by atoms with E-state index < -0.39 is 97.5 Å². The minimum Gasteiger partial charge on any atom is -0.462 e. The van der Waals surface area contributed by atoms with E-state index in [0.29, 0.717) is 25.7 Å². The molecule has 0 saturated heterocycles. The van der Waals surface area contributed by atoms with Crippen molar-refractivity contribution in [1.29, 1.82) is 0 Å². The van der Waals surface area contributed by atoms with Crippen LogP contribution in [0.1, 0.15) is 336 Å². The highest BCUT2D eigenvalue weighted by Gasteiger charge is 2.30. The molecule has 0 amide bonds. The van der Waals surface area contributed by atoms with E-state index in [1.54, 1.807) is 0 Å². The Morgan fingerprint density at radius 3 is 0.804 bits per heavy atom. The van der Waals surface area contributed by atoms with Crippen LogP contribution in [0.15, 0.2) is 109 Å². The lowest BCUT2D eigenvalue weighted by Crippen LogP contribution is -2.30. The third kappa shape index (κ3) is 74.0. The van der Waals surface area contributed by atoms with E-state index in [1.807, 2.05) is 0 Å². The van der Waals surface area contributed by atoms with Crippen molar-refractivity contribution in [3.63, 3.8) is 0 Å². The molecular weight excluding hydrogens is 1330 g/mol. The van der Waals surface area contributed by atoms with E-state index in [0.717, 1.165) is 180 Å². The Balaban J connectivity index is 5.35. The highest BCUT2D eigenvalue weighted by atomic mass is 31.2. The predicted octanol–water partition coefficient (Wildman–Crippen LogP) is 23.3. The van der Waals surface area contributed by atoms with E-state index in [4.69, 9.17) is 37.0 Å². The van der Waals surface area contributed by atoms with Gasteiger partial charge in [0.15, 0.2) is 12.2 Å². The molecule has 5 unspecified atom stereocenters. The molecule has 0 aromatic heterocycles. The van der Waals surface area contributed by atoms with E-state index in [9.17, 15) is 43.2 Å². The lowest BCUT2D eigenvalue weighted by molar-refractivity contribution is -0.161. The van der Waals surface area contributed by atoms with Crippen LogP contribution >= 0.6 is 15.6 Å². The number of esters is 4. The number of hydrogen-bond acceptors (Lipinski definition) is 15. The predicted molar refractivity (Wildman–Crippen MR) is 418 cm³/mol. The molecule has 0 saturated carbocycles. The molecule has 19 heteroatoms. The topological polar surface area (TPSA) is 237 Å². The minimum absolute atomic E-state index is 0.0826. The number of unbranched alkanes of at least 4 members (excludes halogenated alkanes) is 31. The molecule has 3 N–H and O–H groups in total. The van der Waals surface area contributed by atoms with Crippen LogP contribution in [-0.2, 0) is 65.4 Å². The normalized spacial score (nSPS) is 14.5. The van der Waals surface area contributed by atoms with Crippen LogP contribution in [0.2, 0.25) is 0 Å². The first-order chi connectivity index (χ1) is 49.7. The Hall–Kier alpha value is -4.28. The maximum absolute atomic E-state index is 13.1. The van der Waals surface area contributed by atoms with Crippen LogP contribution in [0.5, 0.6) is 0 Å². The van der Waals surface area contributed by atoms with Crippen molar-refractivity contribution in [1.82, 2.24) is 0 Å². The molecule has 0 aliphatic carbocycles. The average Bonchev–Trinajstić information content (AvgIpc) is 0.926. The summed E-state index contributed by atoms with van der Waals surface area (Å²) in [7, 11) is -9.96. The number of ether oxygens (including phenoxy) is 4. The van der Waals surface area contributed by atoms with Crippen LogP contribution < -0.4 is 0 Å². The van der Waals surface area contributed by atoms with Gasteiger partial charge in [-0.15, -0.1) is 0 Å². The SMILES string of the molecule is CC/C=C\C/C=C\C/C=C\C/C=C\C/C=C\CCCCCC(=O)OCC(COP(=O)(O)OCC(O)COP(=O)(O)OCC(COC(=O)CCCCCCCCC/C=C\C/C=C\C/C=C\CC)OC(=O)CCCCCCC/C=C\CCCCCCCC)OC(=O)CCCCCCCCCCCCC. The summed E-state index contributed by atoms with van der Waals surface area (Å²) < 4.78 is 68.6. The Bertz CT molecular complexity index is 2360. The molecule has 588 valence electrons. The lowest BCUT2D eigenvalue weighted by Gasteiger charge is -2.21. The summed E-state index contributed by atoms with van der Waals surface area (Å²) in [5.41, 5.74) is 0. The average molecular weight is 1480 g/mol.